The molecule has 116 valence electrons. The third-order valence-electron chi connectivity index (χ3n) is 3.82. The zero-order valence-electron chi connectivity index (χ0n) is 12.9. The van der Waals surface area contributed by atoms with E-state index < -0.39 is 0 Å². The van der Waals surface area contributed by atoms with Crippen LogP contribution in [-0.2, 0) is 16.1 Å². The lowest BCUT2D eigenvalue weighted by Gasteiger charge is -2.22. The molecule has 0 aliphatic carbocycles. The van der Waals surface area contributed by atoms with Crippen LogP contribution in [0.1, 0.15) is 44.6 Å². The summed E-state index contributed by atoms with van der Waals surface area (Å²) in [6.45, 7) is 4.61. The second-order valence-electron chi connectivity index (χ2n) is 5.51. The van der Waals surface area contributed by atoms with Gasteiger partial charge in [0.05, 0.1) is 6.10 Å². The molecular formula is C17H26N2O2. The van der Waals surface area contributed by atoms with Crippen LogP contribution in [0, 0.1) is 0 Å². The maximum Gasteiger partial charge on any atom is 0.224 e. The van der Waals surface area contributed by atoms with Gasteiger partial charge in [0, 0.05) is 25.3 Å². The molecule has 0 radical (unpaired) electrons. The Kier molecular flexibility index (Phi) is 6.70. The Bertz CT molecular complexity index is 442. The molecule has 1 unspecified atom stereocenters. The van der Waals surface area contributed by atoms with Crippen LogP contribution in [0.2, 0.25) is 0 Å². The molecule has 1 aromatic rings. The summed E-state index contributed by atoms with van der Waals surface area (Å²) in [5.41, 5.74) is 2.04. The number of para-hydroxylation sites is 1. The van der Waals surface area contributed by atoms with Crippen molar-refractivity contribution in [1.82, 2.24) is 5.32 Å². The van der Waals surface area contributed by atoms with Gasteiger partial charge in [0.15, 0.2) is 0 Å². The van der Waals surface area contributed by atoms with E-state index in [4.69, 9.17) is 4.74 Å². The molecule has 2 N–H and O–H groups in total. The van der Waals surface area contributed by atoms with E-state index in [-0.39, 0.29) is 12.0 Å². The minimum Gasteiger partial charge on any atom is -0.378 e. The Morgan fingerprint density at radius 1 is 1.33 bits per heavy atom. The Hall–Kier alpha value is -1.39. The van der Waals surface area contributed by atoms with Crippen molar-refractivity contribution in [2.75, 3.05) is 18.5 Å². The van der Waals surface area contributed by atoms with Crippen LogP contribution in [0.15, 0.2) is 24.3 Å². The Morgan fingerprint density at radius 3 is 2.95 bits per heavy atom. The smallest absolute Gasteiger partial charge is 0.224 e. The number of hydrogen-bond acceptors (Lipinski definition) is 3. The Morgan fingerprint density at radius 2 is 2.19 bits per heavy atom. The summed E-state index contributed by atoms with van der Waals surface area (Å²) < 4.78 is 5.67. The van der Waals surface area contributed by atoms with Crippen molar-refractivity contribution in [2.45, 2.75) is 51.7 Å². The zero-order chi connectivity index (χ0) is 14.9. The molecule has 1 aliphatic rings. The number of amides is 1. The number of carbonyl (C=O) groups is 1. The van der Waals surface area contributed by atoms with Crippen LogP contribution >= 0.6 is 0 Å². The van der Waals surface area contributed by atoms with Crippen LogP contribution < -0.4 is 10.6 Å². The highest BCUT2D eigenvalue weighted by Crippen LogP contribution is 2.19. The Balaban J connectivity index is 1.81. The molecule has 0 aromatic heterocycles. The van der Waals surface area contributed by atoms with Crippen molar-refractivity contribution in [3.8, 4) is 0 Å². The van der Waals surface area contributed by atoms with E-state index >= 15 is 0 Å². The summed E-state index contributed by atoms with van der Waals surface area (Å²) in [4.78, 5) is 12.1. The highest BCUT2D eigenvalue weighted by Gasteiger charge is 2.15. The molecule has 4 heteroatoms. The molecule has 1 saturated heterocycles. The topological polar surface area (TPSA) is 50.4 Å². The number of hydrogen-bond donors (Lipinski definition) is 2. The van der Waals surface area contributed by atoms with E-state index in [1.807, 2.05) is 24.3 Å². The predicted octanol–water partition coefficient (Wildman–Crippen LogP) is 3.08. The summed E-state index contributed by atoms with van der Waals surface area (Å²) in [7, 11) is 0. The third kappa shape index (κ3) is 5.48. The lowest BCUT2D eigenvalue weighted by atomic mass is 10.0. The molecule has 0 bridgehead atoms. The summed E-state index contributed by atoms with van der Waals surface area (Å²) >= 11 is 0. The zero-order valence-corrected chi connectivity index (χ0v) is 12.9. The number of nitrogens with one attached hydrogen (secondary N) is 2. The first-order valence-corrected chi connectivity index (χ1v) is 7.99. The van der Waals surface area contributed by atoms with Crippen molar-refractivity contribution in [3.05, 3.63) is 29.8 Å². The highest BCUT2D eigenvalue weighted by molar-refractivity contribution is 5.91. The van der Waals surface area contributed by atoms with Gasteiger partial charge in [-0.05, 0) is 43.9 Å². The van der Waals surface area contributed by atoms with Crippen molar-refractivity contribution < 1.29 is 9.53 Å². The molecule has 4 nitrogen and oxygen atoms in total. The molecule has 1 fully saturated rings. The van der Waals surface area contributed by atoms with Crippen LogP contribution in [0.25, 0.3) is 0 Å². The summed E-state index contributed by atoms with van der Waals surface area (Å²) in [6.07, 6.45) is 5.07. The number of ether oxygens (including phenoxy) is 1. The molecule has 21 heavy (non-hydrogen) atoms. The molecule has 1 amide bonds. The van der Waals surface area contributed by atoms with Gasteiger partial charge >= 0.3 is 0 Å². The second-order valence-corrected chi connectivity index (χ2v) is 5.51. The monoisotopic (exact) mass is 290 g/mol. The first-order valence-electron chi connectivity index (χ1n) is 7.99. The maximum atomic E-state index is 12.1. The average Bonchev–Trinajstić information content (AvgIpc) is 2.53. The fourth-order valence-corrected chi connectivity index (χ4v) is 2.60. The van der Waals surface area contributed by atoms with Crippen LogP contribution in [0.5, 0.6) is 0 Å². The van der Waals surface area contributed by atoms with E-state index in [9.17, 15) is 4.79 Å². The van der Waals surface area contributed by atoms with Crippen molar-refractivity contribution in [1.29, 1.82) is 0 Å². The first-order chi connectivity index (χ1) is 10.3. The fourth-order valence-electron chi connectivity index (χ4n) is 2.60. The van der Waals surface area contributed by atoms with Gasteiger partial charge in [0.1, 0.15) is 0 Å². The van der Waals surface area contributed by atoms with Gasteiger partial charge in [-0.15, -0.1) is 0 Å². The molecule has 0 saturated carbocycles. The Labute approximate surface area is 127 Å². The molecule has 1 aliphatic heterocycles. The van der Waals surface area contributed by atoms with E-state index in [0.29, 0.717) is 6.42 Å². The second kappa shape index (κ2) is 8.80. The summed E-state index contributed by atoms with van der Waals surface area (Å²) in [6, 6.07) is 7.96. The minimum atomic E-state index is 0.0770. The summed E-state index contributed by atoms with van der Waals surface area (Å²) in [5.74, 6) is 0.0770. The van der Waals surface area contributed by atoms with Crippen molar-refractivity contribution >= 4 is 11.6 Å². The van der Waals surface area contributed by atoms with E-state index in [1.165, 1.54) is 6.42 Å². The summed E-state index contributed by atoms with van der Waals surface area (Å²) in [5, 5.41) is 6.32. The van der Waals surface area contributed by atoms with Crippen molar-refractivity contribution in [3.63, 3.8) is 0 Å². The molecule has 2 rings (SSSR count). The molecular weight excluding hydrogens is 264 g/mol. The third-order valence-corrected chi connectivity index (χ3v) is 3.82. The fraction of sp³-hybridized carbons (Fsp3) is 0.588. The standard InChI is InChI=1S/C17H26N2O2/c1-2-18-13-14-7-3-4-9-16(14)19-17(20)11-10-15-8-5-6-12-21-15/h3-4,7,9,15,18H,2,5-6,8,10-13H2,1H3,(H,19,20). The highest BCUT2D eigenvalue weighted by atomic mass is 16.5. The van der Waals surface area contributed by atoms with Gasteiger partial charge in [0.2, 0.25) is 5.91 Å². The molecule has 1 aromatic carbocycles. The normalized spacial score (nSPS) is 18.4. The number of benzene rings is 1. The van der Waals surface area contributed by atoms with Gasteiger partial charge in [-0.1, -0.05) is 25.1 Å². The average molecular weight is 290 g/mol. The van der Waals surface area contributed by atoms with Gasteiger partial charge in [-0.25, -0.2) is 0 Å². The lowest BCUT2D eigenvalue weighted by Crippen LogP contribution is -2.22. The van der Waals surface area contributed by atoms with E-state index in [2.05, 4.69) is 17.6 Å². The molecule has 0 spiro atoms. The molecule has 1 atom stereocenters. The van der Waals surface area contributed by atoms with E-state index in [1.54, 1.807) is 0 Å². The van der Waals surface area contributed by atoms with Gasteiger partial charge < -0.3 is 15.4 Å². The number of carbonyl (C=O) groups excluding carboxylic acids is 1. The van der Waals surface area contributed by atoms with E-state index in [0.717, 1.165) is 50.2 Å². The number of rotatable bonds is 7. The molecule has 1 heterocycles. The largest absolute Gasteiger partial charge is 0.378 e. The van der Waals surface area contributed by atoms with Crippen LogP contribution in [-0.4, -0.2) is 25.2 Å². The van der Waals surface area contributed by atoms with Crippen LogP contribution in [0.4, 0.5) is 5.69 Å². The first kappa shape index (κ1) is 16.0. The van der Waals surface area contributed by atoms with Crippen LogP contribution in [0.3, 0.4) is 0 Å². The quantitative estimate of drug-likeness (QED) is 0.811. The SMILES string of the molecule is CCNCc1ccccc1NC(=O)CCC1CCCCO1. The minimum absolute atomic E-state index is 0.0770. The lowest BCUT2D eigenvalue weighted by molar-refractivity contribution is -0.117. The maximum absolute atomic E-state index is 12.1. The predicted molar refractivity (Wildman–Crippen MR) is 85.3 cm³/mol. The van der Waals surface area contributed by atoms with Gasteiger partial charge in [-0.3, -0.25) is 4.79 Å². The number of anilines is 1. The van der Waals surface area contributed by atoms with Gasteiger partial charge in [0.25, 0.3) is 0 Å². The van der Waals surface area contributed by atoms with Crippen molar-refractivity contribution in [2.24, 2.45) is 0 Å². The van der Waals surface area contributed by atoms with Gasteiger partial charge in [-0.2, -0.15) is 0 Å².